The van der Waals surface area contributed by atoms with E-state index in [0.717, 1.165) is 4.31 Å². The fourth-order valence-corrected chi connectivity index (χ4v) is 6.24. The van der Waals surface area contributed by atoms with Crippen molar-refractivity contribution in [2.45, 2.75) is 37.8 Å². The largest absolute Gasteiger partial charge is 0.497 e. The van der Waals surface area contributed by atoms with Gasteiger partial charge in [-0.2, -0.15) is 0 Å². The van der Waals surface area contributed by atoms with Crippen molar-refractivity contribution in [2.24, 2.45) is 0 Å². The highest BCUT2D eigenvalue weighted by molar-refractivity contribution is 7.92. The summed E-state index contributed by atoms with van der Waals surface area (Å²) in [6, 6.07) is 16.4. The summed E-state index contributed by atoms with van der Waals surface area (Å²) in [6.45, 7) is 3.10. The summed E-state index contributed by atoms with van der Waals surface area (Å²) in [4.78, 5) is 28.5. The number of carbonyl (C=O) groups is 2. The van der Waals surface area contributed by atoms with Crippen LogP contribution in [-0.2, 0) is 26.2 Å². The lowest BCUT2D eigenvalue weighted by molar-refractivity contribution is -0.140. The number of methoxy groups -OCH3 is 2. The molecule has 0 radical (unpaired) electrons. The van der Waals surface area contributed by atoms with Gasteiger partial charge in [-0.25, -0.2) is 8.42 Å². The Morgan fingerprint density at radius 2 is 1.59 bits per heavy atom. The van der Waals surface area contributed by atoms with Gasteiger partial charge in [0.25, 0.3) is 10.0 Å². The summed E-state index contributed by atoms with van der Waals surface area (Å²) >= 11 is 12.9. The number of benzene rings is 3. The average Bonchev–Trinajstić information content (AvgIpc) is 2.97. The van der Waals surface area contributed by atoms with E-state index >= 15 is 0 Å². The molecule has 1 atom stereocenters. The van der Waals surface area contributed by atoms with Crippen LogP contribution in [0.25, 0.3) is 0 Å². The minimum atomic E-state index is -4.29. The number of amides is 2. The van der Waals surface area contributed by atoms with E-state index in [4.69, 9.17) is 32.7 Å². The maximum absolute atomic E-state index is 14.2. The monoisotopic (exact) mass is 621 g/mol. The second-order valence-electron chi connectivity index (χ2n) is 8.90. The fourth-order valence-electron chi connectivity index (χ4n) is 4.29. The lowest BCUT2D eigenvalue weighted by Crippen LogP contribution is -2.52. The molecule has 3 aromatic carbocycles. The van der Waals surface area contributed by atoms with Crippen LogP contribution in [0, 0.1) is 0 Å². The number of likely N-dealkylation sites (N-methyl/N-ethyl adjacent to an activating group) is 1. The van der Waals surface area contributed by atoms with Crippen LogP contribution >= 0.6 is 23.2 Å². The minimum Gasteiger partial charge on any atom is -0.497 e. The molecular weight excluding hydrogens is 589 g/mol. The maximum Gasteiger partial charge on any atom is 0.264 e. The summed E-state index contributed by atoms with van der Waals surface area (Å²) in [5.41, 5.74) is 0.522. The molecule has 12 heteroatoms. The Kier molecular flexibility index (Phi) is 11.3. The molecule has 2 amide bonds. The number of nitrogens with zero attached hydrogens (tertiary/aromatic N) is 2. The number of nitrogens with one attached hydrogen (secondary N) is 1. The van der Waals surface area contributed by atoms with Crippen LogP contribution < -0.4 is 19.1 Å². The molecule has 0 aliphatic rings. The van der Waals surface area contributed by atoms with Crippen molar-refractivity contribution in [1.29, 1.82) is 0 Å². The van der Waals surface area contributed by atoms with Crippen molar-refractivity contribution in [1.82, 2.24) is 10.2 Å². The van der Waals surface area contributed by atoms with Crippen molar-refractivity contribution in [2.75, 3.05) is 31.6 Å². The molecule has 0 aromatic heterocycles. The SMILES string of the molecule is CCNC(=O)C(CC)N(Cc1c(Cl)cccc1Cl)C(=O)CN(c1cc(OC)ccc1OC)S(=O)(=O)c1ccccc1. The molecule has 1 unspecified atom stereocenters. The highest BCUT2D eigenvalue weighted by Gasteiger charge is 2.35. The summed E-state index contributed by atoms with van der Waals surface area (Å²) in [6.07, 6.45) is 0.258. The first-order valence-electron chi connectivity index (χ1n) is 12.9. The number of halogens is 2. The van der Waals surface area contributed by atoms with E-state index in [1.165, 1.54) is 37.3 Å². The Bertz CT molecular complexity index is 1450. The van der Waals surface area contributed by atoms with Gasteiger partial charge in [0, 0.05) is 34.8 Å². The van der Waals surface area contributed by atoms with Crippen molar-refractivity contribution in [3.8, 4) is 11.5 Å². The van der Waals surface area contributed by atoms with E-state index < -0.39 is 28.5 Å². The van der Waals surface area contributed by atoms with Crippen LogP contribution in [0.2, 0.25) is 10.0 Å². The zero-order valence-electron chi connectivity index (χ0n) is 23.3. The van der Waals surface area contributed by atoms with Crippen molar-refractivity contribution >= 4 is 50.7 Å². The predicted molar refractivity (Wildman–Crippen MR) is 160 cm³/mol. The van der Waals surface area contributed by atoms with Gasteiger partial charge in [0.05, 0.1) is 24.8 Å². The summed E-state index contributed by atoms with van der Waals surface area (Å²) in [5, 5.41) is 3.37. The molecular formula is C29H33Cl2N3O6S. The zero-order chi connectivity index (χ0) is 30.2. The molecule has 3 rings (SSSR count). The Hall–Kier alpha value is -3.47. The third kappa shape index (κ3) is 7.44. The zero-order valence-corrected chi connectivity index (χ0v) is 25.6. The Morgan fingerprint density at radius 3 is 2.15 bits per heavy atom. The van der Waals surface area contributed by atoms with Gasteiger partial charge in [0.1, 0.15) is 24.1 Å². The van der Waals surface area contributed by atoms with Crippen LogP contribution in [-0.4, -0.2) is 58.5 Å². The van der Waals surface area contributed by atoms with Crippen molar-refractivity contribution < 1.29 is 27.5 Å². The van der Waals surface area contributed by atoms with E-state index in [2.05, 4.69) is 5.32 Å². The third-order valence-corrected chi connectivity index (χ3v) is 8.87. The summed E-state index contributed by atoms with van der Waals surface area (Å²) < 4.78 is 39.9. The van der Waals surface area contributed by atoms with Crippen LogP contribution in [0.1, 0.15) is 25.8 Å². The molecule has 0 fully saturated rings. The van der Waals surface area contributed by atoms with Gasteiger partial charge >= 0.3 is 0 Å². The molecule has 3 aromatic rings. The smallest absolute Gasteiger partial charge is 0.264 e. The predicted octanol–water partition coefficient (Wildman–Crippen LogP) is 5.15. The van der Waals surface area contributed by atoms with Gasteiger partial charge in [-0.3, -0.25) is 13.9 Å². The summed E-state index contributed by atoms with van der Waals surface area (Å²) in [7, 11) is -1.45. The number of rotatable bonds is 13. The third-order valence-electron chi connectivity index (χ3n) is 6.39. The van der Waals surface area contributed by atoms with Crippen molar-refractivity contribution in [3.05, 3.63) is 82.3 Å². The molecule has 0 aliphatic heterocycles. The number of hydrogen-bond donors (Lipinski definition) is 1. The molecule has 9 nitrogen and oxygen atoms in total. The number of ether oxygens (including phenoxy) is 2. The lowest BCUT2D eigenvalue weighted by atomic mass is 10.1. The Morgan fingerprint density at radius 1 is 0.927 bits per heavy atom. The second kappa shape index (κ2) is 14.4. The number of sulfonamides is 1. The van der Waals surface area contributed by atoms with E-state index in [1.807, 2.05) is 0 Å². The van der Waals surface area contributed by atoms with Crippen molar-refractivity contribution in [3.63, 3.8) is 0 Å². The van der Waals surface area contributed by atoms with Gasteiger partial charge in [0.2, 0.25) is 11.8 Å². The number of carbonyl (C=O) groups excluding carboxylic acids is 2. The molecule has 1 N–H and O–H groups in total. The minimum absolute atomic E-state index is 0.0332. The van der Waals surface area contributed by atoms with Gasteiger partial charge < -0.3 is 19.7 Å². The lowest BCUT2D eigenvalue weighted by Gasteiger charge is -2.33. The molecule has 0 bridgehead atoms. The van der Waals surface area contributed by atoms with Crippen LogP contribution in [0.4, 0.5) is 5.69 Å². The van der Waals surface area contributed by atoms with Gasteiger partial charge in [-0.05, 0) is 49.7 Å². The number of hydrogen-bond acceptors (Lipinski definition) is 6. The highest BCUT2D eigenvalue weighted by atomic mass is 35.5. The Labute approximate surface area is 251 Å². The first-order valence-corrected chi connectivity index (χ1v) is 15.1. The van der Waals surface area contributed by atoms with Gasteiger partial charge in [-0.1, -0.05) is 54.4 Å². The van der Waals surface area contributed by atoms with Gasteiger partial charge in [-0.15, -0.1) is 0 Å². The Balaban J connectivity index is 2.18. The standard InChI is InChI=1S/C29H33Cl2N3O6S/c1-5-25(29(36)32-6-2)33(18-22-23(30)13-10-14-24(22)31)28(35)19-34(41(37,38)21-11-8-7-9-12-21)26-17-20(39-3)15-16-27(26)40-4/h7-17,25H,5-6,18-19H2,1-4H3,(H,32,36). The van der Waals surface area contributed by atoms with E-state index in [-0.39, 0.29) is 35.2 Å². The quantitative estimate of drug-likeness (QED) is 0.283. The molecule has 220 valence electrons. The van der Waals surface area contributed by atoms with Crippen LogP contribution in [0.3, 0.4) is 0 Å². The van der Waals surface area contributed by atoms with E-state index in [1.54, 1.807) is 62.4 Å². The van der Waals surface area contributed by atoms with Gasteiger partial charge in [0.15, 0.2) is 0 Å². The first-order chi connectivity index (χ1) is 19.6. The highest BCUT2D eigenvalue weighted by Crippen LogP contribution is 2.36. The van der Waals surface area contributed by atoms with E-state index in [0.29, 0.717) is 27.9 Å². The molecule has 0 saturated carbocycles. The van der Waals surface area contributed by atoms with Crippen LogP contribution in [0.5, 0.6) is 11.5 Å². The molecule has 0 spiro atoms. The normalized spacial score (nSPS) is 11.9. The topological polar surface area (TPSA) is 105 Å². The second-order valence-corrected chi connectivity index (χ2v) is 11.6. The maximum atomic E-state index is 14.2. The van der Waals surface area contributed by atoms with E-state index in [9.17, 15) is 18.0 Å². The molecule has 0 aliphatic carbocycles. The fraction of sp³-hybridized carbons (Fsp3) is 0.310. The average molecular weight is 623 g/mol. The number of anilines is 1. The van der Waals surface area contributed by atoms with Crippen LogP contribution in [0.15, 0.2) is 71.6 Å². The molecule has 41 heavy (non-hydrogen) atoms. The molecule has 0 saturated heterocycles. The summed E-state index contributed by atoms with van der Waals surface area (Å²) in [5.74, 6) is -0.476. The molecule has 0 heterocycles. The first kappa shape index (κ1) is 32.0.